The lowest BCUT2D eigenvalue weighted by Gasteiger charge is -2.20. The molecule has 1 aliphatic rings. The zero-order valence-electron chi connectivity index (χ0n) is 29.3. The van der Waals surface area contributed by atoms with Crippen LogP contribution in [-0.2, 0) is 25.5 Å². The van der Waals surface area contributed by atoms with Crippen LogP contribution in [0.25, 0.3) is 33.2 Å². The van der Waals surface area contributed by atoms with E-state index < -0.39 is 48.4 Å². The van der Waals surface area contributed by atoms with Crippen molar-refractivity contribution < 1.29 is 38.9 Å². The summed E-state index contributed by atoms with van der Waals surface area (Å²) in [7, 11) is 0. The number of carbonyl (C=O) groups excluding carboxylic acids is 3. The second-order valence-corrected chi connectivity index (χ2v) is 13.2. The smallest absolute Gasteiger partial charge is 0.407 e. The predicted octanol–water partition coefficient (Wildman–Crippen LogP) is 6.58. The molecule has 0 saturated heterocycles. The third-order valence-electron chi connectivity index (χ3n) is 9.67. The lowest BCUT2D eigenvalue weighted by Crippen LogP contribution is -2.45. The van der Waals surface area contributed by atoms with Crippen molar-refractivity contribution in [1.82, 2.24) is 15.6 Å². The Hall–Kier alpha value is -7.21. The van der Waals surface area contributed by atoms with Gasteiger partial charge in [-0.25, -0.2) is 9.59 Å². The third-order valence-corrected chi connectivity index (χ3v) is 9.67. The van der Waals surface area contributed by atoms with Gasteiger partial charge in [-0.1, -0.05) is 91.0 Å². The fourth-order valence-corrected chi connectivity index (χ4v) is 6.92. The highest BCUT2D eigenvalue weighted by atomic mass is 16.5. The number of aliphatic carboxylic acids is 2. The molecule has 5 aromatic carbocycles. The molecule has 1 aliphatic carbocycles. The molecule has 1 heterocycles. The summed E-state index contributed by atoms with van der Waals surface area (Å²) in [6.45, 7) is 0.0992. The van der Waals surface area contributed by atoms with E-state index in [-0.39, 0.29) is 24.5 Å². The van der Waals surface area contributed by atoms with Crippen molar-refractivity contribution in [3.05, 3.63) is 150 Å². The minimum absolute atomic E-state index is 0.0992. The number of aromatic amines is 1. The predicted molar refractivity (Wildman–Crippen MR) is 206 cm³/mol. The molecule has 6 aromatic rings. The average molecular weight is 737 g/mol. The molecule has 6 N–H and O–H groups in total. The summed E-state index contributed by atoms with van der Waals surface area (Å²) in [4.78, 5) is 65.3. The number of rotatable bonds is 13. The number of anilines is 1. The molecule has 12 heteroatoms. The van der Waals surface area contributed by atoms with Crippen LogP contribution in [0.4, 0.5) is 10.5 Å². The molecule has 55 heavy (non-hydrogen) atoms. The van der Waals surface area contributed by atoms with Crippen molar-refractivity contribution in [2.45, 2.75) is 30.8 Å². The van der Waals surface area contributed by atoms with Gasteiger partial charge in [0.05, 0.1) is 6.42 Å². The maximum Gasteiger partial charge on any atom is 0.407 e. The summed E-state index contributed by atoms with van der Waals surface area (Å²) in [5, 5.41) is 27.1. The monoisotopic (exact) mass is 736 g/mol. The summed E-state index contributed by atoms with van der Waals surface area (Å²) in [5.41, 5.74) is 8.30. The number of carbonyl (C=O) groups is 5. The SMILES string of the molecule is O=C(O)CC(NC(=O)c1ccc(-c2ccc(NC(=O)C(Cc3c[nH]c4ccccc34)NC(=O)OCC3c4ccccc4-c4ccccc43)cc2)cc1)C(=O)O. The van der Waals surface area contributed by atoms with Crippen LogP contribution in [0.2, 0.25) is 0 Å². The van der Waals surface area contributed by atoms with E-state index in [1.54, 1.807) is 36.4 Å². The van der Waals surface area contributed by atoms with E-state index in [9.17, 15) is 29.1 Å². The third kappa shape index (κ3) is 8.08. The molecule has 0 aliphatic heterocycles. The van der Waals surface area contributed by atoms with Crippen LogP contribution in [0.1, 0.15) is 39.4 Å². The number of hydrogen-bond donors (Lipinski definition) is 6. The van der Waals surface area contributed by atoms with Crippen molar-refractivity contribution in [2.75, 3.05) is 11.9 Å². The lowest BCUT2D eigenvalue weighted by atomic mass is 9.98. The Balaban J connectivity index is 1.03. The quantitative estimate of drug-likeness (QED) is 0.0767. The fourth-order valence-electron chi connectivity index (χ4n) is 6.92. The van der Waals surface area contributed by atoms with Crippen LogP contribution in [-0.4, -0.2) is 63.7 Å². The second kappa shape index (κ2) is 15.8. The van der Waals surface area contributed by atoms with Gasteiger partial charge in [0, 0.05) is 40.7 Å². The van der Waals surface area contributed by atoms with E-state index in [1.807, 2.05) is 66.9 Å². The number of ether oxygens (including phenoxy) is 1. The molecule has 0 bridgehead atoms. The standard InChI is InChI=1S/C43H36N4O8/c48-39(49)22-38(42(52)53)46-40(50)27-15-13-25(14-16-27)26-17-19-29(20-18-26)45-41(51)37(21-28-23-44-36-12-6-5-7-30(28)36)47-43(54)55-24-35-33-10-3-1-8-31(33)32-9-2-4-11-34(32)35/h1-20,23,35,37-38,44H,21-22,24H2,(H,45,51)(H,46,50)(H,47,54)(H,48,49)(H,52,53). The maximum atomic E-state index is 13.8. The molecular weight excluding hydrogens is 700 g/mol. The van der Waals surface area contributed by atoms with Crippen molar-refractivity contribution in [2.24, 2.45) is 0 Å². The molecule has 276 valence electrons. The molecular formula is C43H36N4O8. The number of para-hydroxylation sites is 1. The van der Waals surface area contributed by atoms with Crippen LogP contribution in [0, 0.1) is 0 Å². The van der Waals surface area contributed by atoms with Crippen molar-refractivity contribution in [3.63, 3.8) is 0 Å². The normalized spacial score (nSPS) is 12.9. The highest BCUT2D eigenvalue weighted by Gasteiger charge is 2.30. The number of hydrogen-bond acceptors (Lipinski definition) is 6. The first-order valence-corrected chi connectivity index (χ1v) is 17.6. The lowest BCUT2D eigenvalue weighted by molar-refractivity contribution is -0.145. The number of amides is 3. The first-order chi connectivity index (χ1) is 26.6. The number of nitrogens with one attached hydrogen (secondary N) is 4. The Bertz CT molecular complexity index is 2360. The average Bonchev–Trinajstić information content (AvgIpc) is 3.75. The number of benzene rings is 5. The molecule has 1 aromatic heterocycles. The van der Waals surface area contributed by atoms with Gasteiger partial charge in [0.25, 0.3) is 5.91 Å². The Kier molecular flexibility index (Phi) is 10.4. The number of fused-ring (bicyclic) bond motifs is 4. The first kappa shape index (κ1) is 36.2. The summed E-state index contributed by atoms with van der Waals surface area (Å²) in [6.07, 6.45) is 0.558. The van der Waals surface area contributed by atoms with E-state index in [0.29, 0.717) is 5.69 Å². The molecule has 7 rings (SSSR count). The van der Waals surface area contributed by atoms with Gasteiger partial charge >= 0.3 is 18.0 Å². The van der Waals surface area contributed by atoms with E-state index in [0.717, 1.165) is 49.8 Å². The van der Waals surface area contributed by atoms with Crippen molar-refractivity contribution in [1.29, 1.82) is 0 Å². The van der Waals surface area contributed by atoms with Gasteiger partial charge in [-0.3, -0.25) is 14.4 Å². The Morgan fingerprint density at radius 3 is 1.93 bits per heavy atom. The Labute approximate surface area is 315 Å². The molecule has 3 amide bonds. The van der Waals surface area contributed by atoms with Gasteiger partial charge in [0.1, 0.15) is 18.7 Å². The minimum atomic E-state index is -1.57. The van der Waals surface area contributed by atoms with Crippen LogP contribution >= 0.6 is 0 Å². The first-order valence-electron chi connectivity index (χ1n) is 17.6. The van der Waals surface area contributed by atoms with Gasteiger partial charge in [-0.15, -0.1) is 0 Å². The fraction of sp³-hybridized carbons (Fsp3) is 0.140. The molecule has 2 unspecified atom stereocenters. The molecule has 0 radical (unpaired) electrons. The Morgan fingerprint density at radius 1 is 0.691 bits per heavy atom. The molecule has 0 fully saturated rings. The summed E-state index contributed by atoms with van der Waals surface area (Å²) >= 11 is 0. The van der Waals surface area contributed by atoms with E-state index in [2.05, 4.69) is 33.1 Å². The minimum Gasteiger partial charge on any atom is -0.481 e. The van der Waals surface area contributed by atoms with Gasteiger partial charge in [-0.2, -0.15) is 0 Å². The van der Waals surface area contributed by atoms with Crippen LogP contribution in [0.5, 0.6) is 0 Å². The van der Waals surface area contributed by atoms with E-state index in [4.69, 9.17) is 9.84 Å². The van der Waals surface area contributed by atoms with Gasteiger partial charge in [0.2, 0.25) is 5.91 Å². The summed E-state index contributed by atoms with van der Waals surface area (Å²) in [6, 6.07) is 34.6. The summed E-state index contributed by atoms with van der Waals surface area (Å²) < 4.78 is 5.80. The zero-order chi connectivity index (χ0) is 38.5. The van der Waals surface area contributed by atoms with Crippen molar-refractivity contribution >= 4 is 46.4 Å². The largest absolute Gasteiger partial charge is 0.481 e. The topological polar surface area (TPSA) is 187 Å². The van der Waals surface area contributed by atoms with Gasteiger partial charge in [0.15, 0.2) is 0 Å². The van der Waals surface area contributed by atoms with Gasteiger partial charge in [-0.05, 0) is 69.3 Å². The maximum absolute atomic E-state index is 13.8. The van der Waals surface area contributed by atoms with Crippen molar-refractivity contribution in [3.8, 4) is 22.3 Å². The number of carboxylic acids is 2. The second-order valence-electron chi connectivity index (χ2n) is 13.2. The van der Waals surface area contributed by atoms with Crippen LogP contribution < -0.4 is 16.0 Å². The van der Waals surface area contributed by atoms with Crippen LogP contribution in [0.15, 0.2) is 128 Å². The number of alkyl carbamates (subject to hydrolysis) is 1. The van der Waals surface area contributed by atoms with Gasteiger partial charge < -0.3 is 35.9 Å². The van der Waals surface area contributed by atoms with E-state index >= 15 is 0 Å². The zero-order valence-corrected chi connectivity index (χ0v) is 29.3. The molecule has 0 spiro atoms. The molecule has 2 atom stereocenters. The molecule has 0 saturated carbocycles. The highest BCUT2D eigenvalue weighted by molar-refractivity contribution is 5.99. The summed E-state index contributed by atoms with van der Waals surface area (Å²) in [5.74, 6) is -4.09. The Morgan fingerprint density at radius 2 is 1.29 bits per heavy atom. The van der Waals surface area contributed by atoms with E-state index in [1.165, 1.54) is 12.1 Å². The van der Waals surface area contributed by atoms with Crippen LogP contribution in [0.3, 0.4) is 0 Å². The number of carboxylic acid groups (broad SMARTS) is 2. The number of H-pyrrole nitrogens is 1. The molecule has 12 nitrogen and oxygen atoms in total. The highest BCUT2D eigenvalue weighted by Crippen LogP contribution is 2.44. The number of aromatic nitrogens is 1.